The SMILES string of the molecule is Brc1ccccc1-c1ccc2ccccn12. The van der Waals surface area contributed by atoms with Gasteiger partial charge in [-0.15, -0.1) is 0 Å². The fourth-order valence-electron chi connectivity index (χ4n) is 1.94. The third-order valence-electron chi connectivity index (χ3n) is 2.71. The molecular formula is C14H10BrN. The number of hydrogen-bond donors (Lipinski definition) is 0. The van der Waals surface area contributed by atoms with Crippen LogP contribution in [0.1, 0.15) is 0 Å². The van der Waals surface area contributed by atoms with Gasteiger partial charge in [-0.1, -0.05) is 40.2 Å². The average Bonchev–Trinajstić information content (AvgIpc) is 2.74. The van der Waals surface area contributed by atoms with Crippen molar-refractivity contribution in [1.82, 2.24) is 4.40 Å². The molecule has 0 saturated carbocycles. The summed E-state index contributed by atoms with van der Waals surface area (Å²) in [4.78, 5) is 0. The molecule has 0 radical (unpaired) electrons. The highest BCUT2D eigenvalue weighted by atomic mass is 79.9. The first-order valence-corrected chi connectivity index (χ1v) is 5.96. The number of halogens is 1. The molecule has 16 heavy (non-hydrogen) atoms. The van der Waals surface area contributed by atoms with Gasteiger partial charge in [0.05, 0.1) is 5.69 Å². The molecule has 2 heteroatoms. The van der Waals surface area contributed by atoms with Crippen LogP contribution in [0.15, 0.2) is 65.3 Å². The first-order valence-electron chi connectivity index (χ1n) is 5.17. The Morgan fingerprint density at radius 1 is 0.812 bits per heavy atom. The van der Waals surface area contributed by atoms with Crippen LogP contribution in [-0.2, 0) is 0 Å². The summed E-state index contributed by atoms with van der Waals surface area (Å²) < 4.78 is 3.32. The van der Waals surface area contributed by atoms with Crippen LogP contribution in [0, 0.1) is 0 Å². The van der Waals surface area contributed by atoms with Crippen LogP contribution in [0.25, 0.3) is 16.8 Å². The summed E-state index contributed by atoms with van der Waals surface area (Å²) >= 11 is 3.59. The maximum absolute atomic E-state index is 3.59. The van der Waals surface area contributed by atoms with Crippen molar-refractivity contribution in [3.05, 3.63) is 65.3 Å². The molecule has 0 aliphatic heterocycles. The smallest absolute Gasteiger partial charge is 0.0539 e. The molecule has 0 spiro atoms. The molecular weight excluding hydrogens is 262 g/mol. The fourth-order valence-corrected chi connectivity index (χ4v) is 2.43. The van der Waals surface area contributed by atoms with Gasteiger partial charge in [0.2, 0.25) is 0 Å². The molecule has 0 aliphatic rings. The third-order valence-corrected chi connectivity index (χ3v) is 3.40. The van der Waals surface area contributed by atoms with Crippen LogP contribution in [0.4, 0.5) is 0 Å². The molecule has 0 aliphatic carbocycles. The largest absolute Gasteiger partial charge is 0.317 e. The normalized spacial score (nSPS) is 10.8. The number of fused-ring (bicyclic) bond motifs is 1. The van der Waals surface area contributed by atoms with Gasteiger partial charge in [0.25, 0.3) is 0 Å². The Labute approximate surface area is 102 Å². The van der Waals surface area contributed by atoms with Gasteiger partial charge >= 0.3 is 0 Å². The summed E-state index contributed by atoms with van der Waals surface area (Å²) in [5.74, 6) is 0. The van der Waals surface area contributed by atoms with Gasteiger partial charge in [0, 0.05) is 21.7 Å². The maximum atomic E-state index is 3.59. The van der Waals surface area contributed by atoms with Gasteiger partial charge in [0.1, 0.15) is 0 Å². The summed E-state index contributed by atoms with van der Waals surface area (Å²) in [5.41, 5.74) is 3.64. The van der Waals surface area contributed by atoms with Gasteiger partial charge in [0.15, 0.2) is 0 Å². The molecule has 1 aromatic carbocycles. The zero-order chi connectivity index (χ0) is 11.0. The van der Waals surface area contributed by atoms with Gasteiger partial charge in [-0.05, 0) is 30.3 Å². The average molecular weight is 272 g/mol. The molecule has 0 N–H and O–H groups in total. The molecule has 3 aromatic rings. The molecule has 0 bridgehead atoms. The number of rotatable bonds is 1. The minimum absolute atomic E-state index is 1.12. The lowest BCUT2D eigenvalue weighted by Crippen LogP contribution is -1.87. The van der Waals surface area contributed by atoms with Crippen molar-refractivity contribution in [3.63, 3.8) is 0 Å². The van der Waals surface area contributed by atoms with Crippen molar-refractivity contribution in [2.24, 2.45) is 0 Å². The zero-order valence-corrected chi connectivity index (χ0v) is 10.2. The van der Waals surface area contributed by atoms with Crippen molar-refractivity contribution in [1.29, 1.82) is 0 Å². The van der Waals surface area contributed by atoms with Crippen LogP contribution in [0.3, 0.4) is 0 Å². The van der Waals surface area contributed by atoms with E-state index in [0.717, 1.165) is 4.47 Å². The van der Waals surface area contributed by atoms with E-state index in [4.69, 9.17) is 0 Å². The quantitative estimate of drug-likeness (QED) is 0.619. The topological polar surface area (TPSA) is 4.41 Å². The van der Waals surface area contributed by atoms with E-state index in [1.807, 2.05) is 12.1 Å². The second kappa shape index (κ2) is 3.80. The lowest BCUT2D eigenvalue weighted by molar-refractivity contribution is 1.20. The molecule has 0 amide bonds. The Bertz CT molecular complexity index is 640. The van der Waals surface area contributed by atoms with Crippen molar-refractivity contribution >= 4 is 21.4 Å². The van der Waals surface area contributed by atoms with Crippen LogP contribution in [0.2, 0.25) is 0 Å². The van der Waals surface area contributed by atoms with Gasteiger partial charge in [-0.25, -0.2) is 0 Å². The van der Waals surface area contributed by atoms with Crippen molar-refractivity contribution < 1.29 is 0 Å². The highest BCUT2D eigenvalue weighted by Crippen LogP contribution is 2.29. The molecule has 0 saturated heterocycles. The van der Waals surface area contributed by atoms with E-state index in [2.05, 4.69) is 69.0 Å². The van der Waals surface area contributed by atoms with Gasteiger partial charge < -0.3 is 4.40 Å². The summed E-state index contributed by atoms with van der Waals surface area (Å²) in [5, 5.41) is 0. The number of hydrogen-bond acceptors (Lipinski definition) is 0. The van der Waals surface area contributed by atoms with E-state index in [-0.39, 0.29) is 0 Å². The summed E-state index contributed by atoms with van der Waals surface area (Å²) in [6.45, 7) is 0. The van der Waals surface area contributed by atoms with Gasteiger partial charge in [-0.3, -0.25) is 0 Å². The molecule has 3 rings (SSSR count). The van der Waals surface area contributed by atoms with Crippen LogP contribution >= 0.6 is 15.9 Å². The molecule has 2 heterocycles. The Kier molecular flexibility index (Phi) is 2.29. The standard InChI is InChI=1S/C14H10BrN/c15-13-7-2-1-6-12(13)14-9-8-11-5-3-4-10-16(11)14/h1-10H. The predicted molar refractivity (Wildman–Crippen MR) is 70.5 cm³/mol. The highest BCUT2D eigenvalue weighted by molar-refractivity contribution is 9.10. The van der Waals surface area contributed by atoms with Gasteiger partial charge in [-0.2, -0.15) is 0 Å². The first kappa shape index (κ1) is 9.67. The maximum Gasteiger partial charge on any atom is 0.0539 e. The van der Waals surface area contributed by atoms with E-state index in [9.17, 15) is 0 Å². The summed E-state index contributed by atoms with van der Waals surface area (Å²) in [7, 11) is 0. The third kappa shape index (κ3) is 1.46. The summed E-state index contributed by atoms with van der Waals surface area (Å²) in [6, 6.07) is 18.8. The number of benzene rings is 1. The minimum atomic E-state index is 1.12. The Morgan fingerprint density at radius 3 is 2.50 bits per heavy atom. The highest BCUT2D eigenvalue weighted by Gasteiger charge is 2.06. The van der Waals surface area contributed by atoms with E-state index in [1.54, 1.807) is 0 Å². The Balaban J connectivity index is 2.31. The van der Waals surface area contributed by atoms with Crippen molar-refractivity contribution in [3.8, 4) is 11.3 Å². The molecule has 78 valence electrons. The Hall–Kier alpha value is -1.54. The number of aromatic nitrogens is 1. The second-order valence-electron chi connectivity index (χ2n) is 3.69. The predicted octanol–water partition coefficient (Wildman–Crippen LogP) is 4.37. The van der Waals surface area contributed by atoms with Crippen molar-refractivity contribution in [2.45, 2.75) is 0 Å². The van der Waals surface area contributed by atoms with E-state index >= 15 is 0 Å². The van der Waals surface area contributed by atoms with E-state index in [1.165, 1.54) is 16.8 Å². The van der Waals surface area contributed by atoms with E-state index in [0.29, 0.717) is 0 Å². The fraction of sp³-hybridized carbons (Fsp3) is 0. The lowest BCUT2D eigenvalue weighted by Gasteiger charge is -2.04. The first-order chi connectivity index (χ1) is 7.86. The monoisotopic (exact) mass is 271 g/mol. The molecule has 2 aromatic heterocycles. The van der Waals surface area contributed by atoms with E-state index < -0.39 is 0 Å². The molecule has 0 unspecified atom stereocenters. The molecule has 0 atom stereocenters. The molecule has 1 nitrogen and oxygen atoms in total. The van der Waals surface area contributed by atoms with Crippen LogP contribution < -0.4 is 0 Å². The number of nitrogens with zero attached hydrogens (tertiary/aromatic N) is 1. The molecule has 0 fully saturated rings. The van der Waals surface area contributed by atoms with Crippen LogP contribution in [-0.4, -0.2) is 4.40 Å². The zero-order valence-electron chi connectivity index (χ0n) is 8.60. The minimum Gasteiger partial charge on any atom is -0.317 e. The second-order valence-corrected chi connectivity index (χ2v) is 4.55. The number of pyridine rings is 1. The van der Waals surface area contributed by atoms with Crippen LogP contribution in [0.5, 0.6) is 0 Å². The Morgan fingerprint density at radius 2 is 1.62 bits per heavy atom. The van der Waals surface area contributed by atoms with Crippen molar-refractivity contribution in [2.75, 3.05) is 0 Å². The lowest BCUT2D eigenvalue weighted by atomic mass is 10.1. The summed E-state index contributed by atoms with van der Waals surface area (Å²) in [6.07, 6.45) is 2.09.